The first-order valence-corrected chi connectivity index (χ1v) is 11.6. The van der Waals surface area contributed by atoms with E-state index in [2.05, 4.69) is 20.7 Å². The second-order valence-electron chi connectivity index (χ2n) is 5.73. The highest BCUT2D eigenvalue weighted by atomic mass is 35.5. The van der Waals surface area contributed by atoms with Crippen LogP contribution in [0.2, 0.25) is 5.02 Å². The molecule has 0 unspecified atom stereocenters. The van der Waals surface area contributed by atoms with Crippen LogP contribution in [0.1, 0.15) is 18.2 Å². The summed E-state index contributed by atoms with van der Waals surface area (Å²) in [5.74, 6) is 1.53. The maximum Gasteiger partial charge on any atom is 0.250 e. The maximum atomic E-state index is 11.9. The lowest BCUT2D eigenvalue weighted by Crippen LogP contribution is -2.19. The fourth-order valence-electron chi connectivity index (χ4n) is 2.04. The number of benzene rings is 1. The zero-order valence-electron chi connectivity index (χ0n) is 15.4. The highest BCUT2D eigenvalue weighted by Crippen LogP contribution is 2.30. The van der Waals surface area contributed by atoms with Gasteiger partial charge in [0.15, 0.2) is 8.68 Å². The van der Waals surface area contributed by atoms with Crippen LogP contribution in [0.15, 0.2) is 66.4 Å². The summed E-state index contributed by atoms with van der Waals surface area (Å²) in [6.07, 6.45) is 5.00. The second-order valence-corrected chi connectivity index (χ2v) is 9.59. The molecule has 0 aliphatic heterocycles. The minimum Gasteiger partial charge on any atom is -0.465 e. The third-order valence-electron chi connectivity index (χ3n) is 3.36. The van der Waals surface area contributed by atoms with Crippen molar-refractivity contribution in [2.24, 2.45) is 5.10 Å². The Hall–Kier alpha value is -2.07. The fourth-order valence-corrected chi connectivity index (χ4v) is 4.93. The summed E-state index contributed by atoms with van der Waals surface area (Å²) >= 11 is 10.3. The predicted molar refractivity (Wildman–Crippen MR) is 121 cm³/mol. The highest BCUT2D eigenvalue weighted by Gasteiger charge is 2.08. The molecule has 0 saturated heterocycles. The van der Waals surface area contributed by atoms with E-state index in [0.717, 1.165) is 36.4 Å². The molecule has 0 fully saturated rings. The smallest absolute Gasteiger partial charge is 0.250 e. The molecule has 1 amide bonds. The molecule has 150 valence electrons. The number of furan rings is 1. The quantitative estimate of drug-likeness (QED) is 0.260. The van der Waals surface area contributed by atoms with E-state index in [1.807, 2.05) is 49.4 Å². The number of carbonyl (C=O) groups is 1. The Kier molecular flexibility index (Phi) is 8.36. The number of carbonyl (C=O) groups excluding carboxylic acids is 1. The van der Waals surface area contributed by atoms with Crippen LogP contribution in [-0.4, -0.2) is 28.1 Å². The minimum atomic E-state index is -0.206. The Balaban J connectivity index is 1.39. The maximum absolute atomic E-state index is 11.9. The molecule has 3 aromatic rings. The third kappa shape index (κ3) is 7.69. The lowest BCUT2D eigenvalue weighted by molar-refractivity contribution is -0.118. The molecule has 6 nitrogen and oxygen atoms in total. The van der Waals surface area contributed by atoms with Gasteiger partial charge >= 0.3 is 0 Å². The van der Waals surface area contributed by atoms with E-state index in [9.17, 15) is 4.79 Å². The standard InChI is InChI=1S/C19H17ClN4O2S3/c1-13(9-16-3-2-8-26-16)10-21-22-17(25)12-28-19-24-23-18(29-19)27-11-14-4-6-15(20)7-5-14/h2-10H,11-12H2,1H3,(H,22,25)/b13-9+,21-10+. The topological polar surface area (TPSA) is 80.4 Å². The molecular formula is C19H17ClN4O2S3. The van der Waals surface area contributed by atoms with E-state index in [-0.39, 0.29) is 11.7 Å². The lowest BCUT2D eigenvalue weighted by Gasteiger charge is -1.98. The number of amides is 1. The van der Waals surface area contributed by atoms with Crippen LogP contribution < -0.4 is 5.43 Å². The predicted octanol–water partition coefficient (Wildman–Crippen LogP) is 5.37. The van der Waals surface area contributed by atoms with Gasteiger partial charge in [0.25, 0.3) is 5.91 Å². The Morgan fingerprint density at radius 3 is 2.72 bits per heavy atom. The molecule has 0 aliphatic rings. The zero-order chi connectivity index (χ0) is 20.5. The number of hydrogen-bond acceptors (Lipinski definition) is 8. The van der Waals surface area contributed by atoms with Crippen LogP contribution in [0, 0.1) is 0 Å². The number of halogens is 1. The average Bonchev–Trinajstić information content (AvgIpc) is 3.38. The van der Waals surface area contributed by atoms with Gasteiger partial charge in [-0.15, -0.1) is 10.2 Å². The van der Waals surface area contributed by atoms with Gasteiger partial charge < -0.3 is 4.42 Å². The Morgan fingerprint density at radius 2 is 2.00 bits per heavy atom. The summed E-state index contributed by atoms with van der Waals surface area (Å²) in [5, 5.41) is 12.9. The van der Waals surface area contributed by atoms with Crippen molar-refractivity contribution in [3.63, 3.8) is 0 Å². The van der Waals surface area contributed by atoms with Gasteiger partial charge in [0.2, 0.25) is 0 Å². The molecule has 0 spiro atoms. The molecule has 10 heteroatoms. The molecule has 29 heavy (non-hydrogen) atoms. The van der Waals surface area contributed by atoms with Gasteiger partial charge in [-0.2, -0.15) is 5.10 Å². The van der Waals surface area contributed by atoms with Crippen molar-refractivity contribution >= 4 is 64.7 Å². The number of hydrazone groups is 1. The number of hydrogen-bond donors (Lipinski definition) is 1. The van der Waals surface area contributed by atoms with E-state index >= 15 is 0 Å². The van der Waals surface area contributed by atoms with Crippen LogP contribution in [-0.2, 0) is 10.5 Å². The van der Waals surface area contributed by atoms with E-state index in [1.165, 1.54) is 23.1 Å². The SMILES string of the molecule is CC(/C=N/NC(=O)CSc1nnc(SCc2ccc(Cl)cc2)s1)=C\c1ccco1. The lowest BCUT2D eigenvalue weighted by atomic mass is 10.2. The van der Waals surface area contributed by atoms with Crippen LogP contribution >= 0.6 is 46.5 Å². The highest BCUT2D eigenvalue weighted by molar-refractivity contribution is 8.03. The van der Waals surface area contributed by atoms with Crippen molar-refractivity contribution in [1.82, 2.24) is 15.6 Å². The summed E-state index contributed by atoms with van der Waals surface area (Å²) < 4.78 is 6.83. The summed E-state index contributed by atoms with van der Waals surface area (Å²) in [5.41, 5.74) is 4.52. The van der Waals surface area contributed by atoms with Crippen molar-refractivity contribution < 1.29 is 9.21 Å². The number of allylic oxidation sites excluding steroid dienone is 1. The van der Waals surface area contributed by atoms with Gasteiger partial charge in [-0.3, -0.25) is 4.79 Å². The van der Waals surface area contributed by atoms with Crippen molar-refractivity contribution in [1.29, 1.82) is 0 Å². The van der Waals surface area contributed by atoms with Crippen molar-refractivity contribution in [3.05, 3.63) is 64.6 Å². The second kappa shape index (κ2) is 11.2. The molecular weight excluding hydrogens is 448 g/mol. The number of nitrogens with one attached hydrogen (secondary N) is 1. The molecule has 2 heterocycles. The Labute approximate surface area is 185 Å². The van der Waals surface area contributed by atoms with Crippen LogP contribution in [0.5, 0.6) is 0 Å². The first kappa shape index (κ1) is 21.6. The molecule has 1 N–H and O–H groups in total. The summed E-state index contributed by atoms with van der Waals surface area (Å²) in [7, 11) is 0. The van der Waals surface area contributed by atoms with Crippen molar-refractivity contribution in [2.45, 2.75) is 21.4 Å². The van der Waals surface area contributed by atoms with Crippen LogP contribution in [0.4, 0.5) is 0 Å². The Bertz CT molecular complexity index is 985. The molecule has 0 saturated carbocycles. The fraction of sp³-hybridized carbons (Fsp3) is 0.158. The molecule has 0 radical (unpaired) electrons. The minimum absolute atomic E-state index is 0.206. The van der Waals surface area contributed by atoms with Gasteiger partial charge in [0.1, 0.15) is 5.76 Å². The number of nitrogens with zero attached hydrogens (tertiary/aromatic N) is 3. The van der Waals surface area contributed by atoms with Crippen molar-refractivity contribution in [2.75, 3.05) is 5.75 Å². The van der Waals surface area contributed by atoms with Crippen LogP contribution in [0.3, 0.4) is 0 Å². The summed E-state index contributed by atoms with van der Waals surface area (Å²) in [6.45, 7) is 1.87. The number of rotatable bonds is 9. The van der Waals surface area contributed by atoms with E-state index in [1.54, 1.807) is 24.2 Å². The average molecular weight is 465 g/mol. The zero-order valence-corrected chi connectivity index (χ0v) is 18.6. The van der Waals surface area contributed by atoms with Crippen LogP contribution in [0.25, 0.3) is 6.08 Å². The third-order valence-corrected chi connectivity index (χ3v) is 6.87. The van der Waals surface area contributed by atoms with Gasteiger partial charge in [0.05, 0.1) is 18.2 Å². The Morgan fingerprint density at radius 1 is 1.24 bits per heavy atom. The van der Waals surface area contributed by atoms with Gasteiger partial charge in [-0.05, 0) is 48.4 Å². The number of thioether (sulfide) groups is 2. The van der Waals surface area contributed by atoms with E-state index in [4.69, 9.17) is 16.0 Å². The first-order valence-electron chi connectivity index (χ1n) is 8.46. The van der Waals surface area contributed by atoms with Gasteiger partial charge in [-0.1, -0.05) is 58.6 Å². The monoisotopic (exact) mass is 464 g/mol. The van der Waals surface area contributed by atoms with E-state index < -0.39 is 0 Å². The first-order chi connectivity index (χ1) is 14.1. The van der Waals surface area contributed by atoms with Gasteiger partial charge in [-0.25, -0.2) is 5.43 Å². The summed E-state index contributed by atoms with van der Waals surface area (Å²) in [6, 6.07) is 11.4. The normalized spacial score (nSPS) is 11.9. The largest absolute Gasteiger partial charge is 0.465 e. The number of aromatic nitrogens is 2. The van der Waals surface area contributed by atoms with Crippen molar-refractivity contribution in [3.8, 4) is 0 Å². The molecule has 1 aromatic carbocycles. The molecule has 2 aromatic heterocycles. The summed E-state index contributed by atoms with van der Waals surface area (Å²) in [4.78, 5) is 11.9. The van der Waals surface area contributed by atoms with E-state index in [0.29, 0.717) is 0 Å². The molecule has 0 aliphatic carbocycles. The molecule has 3 rings (SSSR count). The van der Waals surface area contributed by atoms with Gasteiger partial charge in [0, 0.05) is 10.8 Å². The molecule has 0 bridgehead atoms. The molecule has 0 atom stereocenters.